The van der Waals surface area contributed by atoms with Gasteiger partial charge in [-0.2, -0.15) is 13.2 Å². The lowest BCUT2D eigenvalue weighted by Crippen LogP contribution is -2.52. The van der Waals surface area contributed by atoms with Crippen LogP contribution in [0.3, 0.4) is 0 Å². The van der Waals surface area contributed by atoms with Gasteiger partial charge in [0.2, 0.25) is 5.91 Å². The van der Waals surface area contributed by atoms with Gasteiger partial charge in [0.15, 0.2) is 0 Å². The Morgan fingerprint density at radius 1 is 1.27 bits per heavy atom. The van der Waals surface area contributed by atoms with Gasteiger partial charge in [-0.1, -0.05) is 13.8 Å². The number of likely N-dealkylation sites (tertiary alicyclic amines) is 1. The topological polar surface area (TPSA) is 79.0 Å². The molecule has 0 unspecified atom stereocenters. The van der Waals surface area contributed by atoms with Crippen molar-refractivity contribution in [1.29, 1.82) is 0 Å². The number of hydrogen-bond donors (Lipinski definition) is 1. The third-order valence-electron chi connectivity index (χ3n) is 4.62. The number of rotatable bonds is 5. The average molecular weight is 379 g/mol. The first-order chi connectivity index (χ1) is 12.1. The zero-order valence-corrected chi connectivity index (χ0v) is 14.8. The Labute approximate surface area is 149 Å². The van der Waals surface area contributed by atoms with E-state index >= 15 is 0 Å². The quantitative estimate of drug-likeness (QED) is 0.786. The molecule has 1 N–H and O–H groups in total. The van der Waals surface area contributed by atoms with Gasteiger partial charge in [0.1, 0.15) is 6.61 Å². The molecule has 3 amide bonds. The van der Waals surface area contributed by atoms with E-state index in [0.717, 1.165) is 6.42 Å². The molecule has 2 aliphatic rings. The van der Waals surface area contributed by atoms with Crippen LogP contribution in [0.4, 0.5) is 18.0 Å². The molecule has 0 bridgehead atoms. The van der Waals surface area contributed by atoms with E-state index in [4.69, 9.17) is 4.74 Å². The molecule has 7 nitrogen and oxygen atoms in total. The van der Waals surface area contributed by atoms with E-state index < -0.39 is 24.5 Å². The number of piperidine rings is 1. The maximum Gasteiger partial charge on any atom is 0.471 e. The van der Waals surface area contributed by atoms with Crippen LogP contribution in [0.2, 0.25) is 0 Å². The highest BCUT2D eigenvalue weighted by Crippen LogP contribution is 2.27. The molecule has 0 aromatic rings. The van der Waals surface area contributed by atoms with Gasteiger partial charge in [-0.15, -0.1) is 0 Å². The molecule has 0 aromatic heterocycles. The summed E-state index contributed by atoms with van der Waals surface area (Å²) in [7, 11) is 0. The zero-order valence-electron chi connectivity index (χ0n) is 14.8. The Morgan fingerprint density at radius 3 is 2.42 bits per heavy atom. The molecular weight excluding hydrogens is 355 g/mol. The zero-order chi connectivity index (χ0) is 19.5. The van der Waals surface area contributed by atoms with Gasteiger partial charge in [-0.05, 0) is 25.2 Å². The summed E-state index contributed by atoms with van der Waals surface area (Å²) in [6, 6.07) is -0.0385. The lowest BCUT2D eigenvalue weighted by molar-refractivity contribution is -0.174. The molecule has 2 saturated heterocycles. The summed E-state index contributed by atoms with van der Waals surface area (Å²) >= 11 is 0. The van der Waals surface area contributed by atoms with Gasteiger partial charge in [0.05, 0.1) is 12.6 Å². The van der Waals surface area contributed by atoms with Crippen molar-refractivity contribution in [3.8, 4) is 0 Å². The third-order valence-corrected chi connectivity index (χ3v) is 4.62. The minimum atomic E-state index is -5.01. The van der Waals surface area contributed by atoms with Crippen molar-refractivity contribution in [3.63, 3.8) is 0 Å². The summed E-state index contributed by atoms with van der Waals surface area (Å²) in [6.07, 6.45) is -3.47. The monoisotopic (exact) mass is 379 g/mol. The maximum atomic E-state index is 12.1. The summed E-state index contributed by atoms with van der Waals surface area (Å²) in [4.78, 5) is 37.9. The largest absolute Gasteiger partial charge is 0.471 e. The van der Waals surface area contributed by atoms with E-state index in [1.165, 1.54) is 4.90 Å². The number of ether oxygens (including phenoxy) is 1. The number of nitrogens with one attached hydrogen (secondary N) is 1. The molecule has 0 radical (unpaired) electrons. The van der Waals surface area contributed by atoms with Gasteiger partial charge in [0, 0.05) is 19.1 Å². The van der Waals surface area contributed by atoms with Crippen molar-refractivity contribution < 1.29 is 32.3 Å². The van der Waals surface area contributed by atoms with Gasteiger partial charge in [0.25, 0.3) is 0 Å². The van der Waals surface area contributed by atoms with Crippen molar-refractivity contribution in [2.45, 2.75) is 51.4 Å². The molecule has 0 saturated carbocycles. The fourth-order valence-electron chi connectivity index (χ4n) is 3.41. The molecule has 2 fully saturated rings. The first-order valence-corrected chi connectivity index (χ1v) is 8.67. The molecule has 2 heterocycles. The van der Waals surface area contributed by atoms with Gasteiger partial charge < -0.3 is 15.0 Å². The smallest absolute Gasteiger partial charge is 0.447 e. The van der Waals surface area contributed by atoms with Crippen molar-refractivity contribution in [1.82, 2.24) is 15.1 Å². The predicted molar refractivity (Wildman–Crippen MR) is 85.1 cm³/mol. The summed E-state index contributed by atoms with van der Waals surface area (Å²) in [5.41, 5.74) is 0. The SMILES string of the molecule is CC(C)C[C@H]1COC(=O)N1C1CCN(C(=O)CNC(=O)C(F)(F)F)CC1. The van der Waals surface area contributed by atoms with E-state index in [0.29, 0.717) is 38.5 Å². The van der Waals surface area contributed by atoms with E-state index in [-0.39, 0.29) is 18.2 Å². The minimum Gasteiger partial charge on any atom is -0.447 e. The molecule has 1 atom stereocenters. The Balaban J connectivity index is 1.83. The van der Waals surface area contributed by atoms with Crippen LogP contribution in [-0.4, -0.2) is 72.2 Å². The summed E-state index contributed by atoms with van der Waals surface area (Å²) in [6.45, 7) is 4.45. The van der Waals surface area contributed by atoms with Crippen molar-refractivity contribution in [2.24, 2.45) is 5.92 Å². The number of amides is 3. The molecule has 10 heteroatoms. The van der Waals surface area contributed by atoms with Crippen LogP contribution in [0.5, 0.6) is 0 Å². The predicted octanol–water partition coefficient (Wildman–Crippen LogP) is 1.52. The highest BCUT2D eigenvalue weighted by atomic mass is 19.4. The first kappa shape index (κ1) is 20.3. The summed E-state index contributed by atoms with van der Waals surface area (Å²) in [5, 5.41) is 1.58. The number of hydrogen-bond acceptors (Lipinski definition) is 4. The lowest BCUT2D eigenvalue weighted by atomic mass is 9.98. The van der Waals surface area contributed by atoms with Crippen LogP contribution in [0.1, 0.15) is 33.1 Å². The molecule has 0 aromatic carbocycles. The summed E-state index contributed by atoms with van der Waals surface area (Å²) in [5.74, 6) is -2.28. The standard InChI is InChI=1S/C16H24F3N3O4/c1-10(2)7-12-9-26-15(25)22(12)11-3-5-21(6-4-11)13(23)8-20-14(24)16(17,18)19/h10-12H,3-9H2,1-2H3,(H,20,24)/t12-/m0/s1. The average Bonchev–Trinajstić information content (AvgIpc) is 2.91. The molecular formula is C16H24F3N3O4. The number of carbonyl (C=O) groups excluding carboxylic acids is 3. The van der Waals surface area contributed by atoms with Crippen molar-refractivity contribution in [3.05, 3.63) is 0 Å². The van der Waals surface area contributed by atoms with Crippen LogP contribution in [0.25, 0.3) is 0 Å². The van der Waals surface area contributed by atoms with Crippen LogP contribution in [-0.2, 0) is 14.3 Å². The van der Waals surface area contributed by atoms with E-state index in [1.807, 2.05) is 0 Å². The van der Waals surface area contributed by atoms with Crippen LogP contribution in [0, 0.1) is 5.92 Å². The second-order valence-corrected chi connectivity index (χ2v) is 7.06. The minimum absolute atomic E-state index is 0.0147. The van der Waals surface area contributed by atoms with Crippen LogP contribution in [0.15, 0.2) is 0 Å². The number of carbonyl (C=O) groups is 3. The van der Waals surface area contributed by atoms with E-state index in [9.17, 15) is 27.6 Å². The van der Waals surface area contributed by atoms with Gasteiger partial charge >= 0.3 is 18.2 Å². The van der Waals surface area contributed by atoms with Crippen LogP contribution >= 0.6 is 0 Å². The third kappa shape index (κ3) is 5.01. The molecule has 26 heavy (non-hydrogen) atoms. The van der Waals surface area contributed by atoms with Gasteiger partial charge in [-0.25, -0.2) is 4.79 Å². The lowest BCUT2D eigenvalue weighted by Gasteiger charge is -2.38. The second kappa shape index (κ2) is 8.13. The Hall–Kier alpha value is -2.00. The second-order valence-electron chi connectivity index (χ2n) is 7.06. The highest BCUT2D eigenvalue weighted by molar-refractivity contribution is 5.87. The van der Waals surface area contributed by atoms with Crippen molar-refractivity contribution in [2.75, 3.05) is 26.2 Å². The van der Waals surface area contributed by atoms with Crippen LogP contribution < -0.4 is 5.32 Å². The Kier molecular flexibility index (Phi) is 6.35. The highest BCUT2D eigenvalue weighted by Gasteiger charge is 2.41. The Bertz CT molecular complexity index is 545. The number of alkyl halides is 3. The molecule has 0 aliphatic carbocycles. The van der Waals surface area contributed by atoms with E-state index in [1.54, 1.807) is 10.2 Å². The molecule has 0 spiro atoms. The molecule has 2 aliphatic heterocycles. The van der Waals surface area contributed by atoms with Crippen molar-refractivity contribution >= 4 is 17.9 Å². The fourth-order valence-corrected chi connectivity index (χ4v) is 3.41. The fraction of sp³-hybridized carbons (Fsp3) is 0.812. The van der Waals surface area contributed by atoms with Gasteiger partial charge in [-0.3, -0.25) is 14.5 Å². The Morgan fingerprint density at radius 2 is 1.88 bits per heavy atom. The molecule has 148 valence electrons. The van der Waals surface area contributed by atoms with E-state index in [2.05, 4.69) is 13.8 Å². The normalized spacial score (nSPS) is 21.9. The molecule has 2 rings (SSSR count). The summed E-state index contributed by atoms with van der Waals surface area (Å²) < 4.78 is 41.6. The number of cyclic esters (lactones) is 1. The number of halogens is 3. The first-order valence-electron chi connectivity index (χ1n) is 8.67. The maximum absolute atomic E-state index is 12.1. The number of nitrogens with zero attached hydrogens (tertiary/aromatic N) is 2.